The first-order valence-corrected chi connectivity index (χ1v) is 13.7. The molecule has 0 heterocycles. The third-order valence-corrected chi connectivity index (χ3v) is 10.6. The standard InChI is InChI=1S/C16H27BrNOSe/c1-6-7-11-20(17)15-10-8-9-14(15)16(19)18(12(2)3)13(4)5/h8-10,12-13,15H,6-7,11H2,1-5H3/q+1. The van der Waals surface area contributed by atoms with Gasteiger partial charge in [0.15, 0.2) is 0 Å². The molecule has 0 fully saturated rings. The topological polar surface area (TPSA) is 20.3 Å². The zero-order chi connectivity index (χ0) is 15.3. The molecule has 0 aromatic rings. The van der Waals surface area contributed by atoms with Crippen molar-refractivity contribution in [2.75, 3.05) is 0 Å². The molecule has 0 aromatic heterocycles. The minimum absolute atomic E-state index is 0.217. The maximum absolute atomic E-state index is 12.8. The summed E-state index contributed by atoms with van der Waals surface area (Å²) in [6.45, 7) is 10.6. The second-order valence-electron chi connectivity index (χ2n) is 5.75. The molecule has 1 amide bonds. The van der Waals surface area contributed by atoms with Crippen molar-refractivity contribution in [3.05, 3.63) is 23.8 Å². The summed E-state index contributed by atoms with van der Waals surface area (Å²) >= 11 is 2.96. The Hall–Kier alpha value is -0.0505. The van der Waals surface area contributed by atoms with E-state index in [0.29, 0.717) is 4.82 Å². The number of hydrogen-bond acceptors (Lipinski definition) is 1. The summed E-state index contributed by atoms with van der Waals surface area (Å²) in [5.74, 6) is 0.217. The van der Waals surface area contributed by atoms with Crippen molar-refractivity contribution >= 4 is 32.1 Å². The van der Waals surface area contributed by atoms with Gasteiger partial charge in [-0.15, -0.1) is 0 Å². The van der Waals surface area contributed by atoms with Gasteiger partial charge in [-0.2, -0.15) is 0 Å². The van der Waals surface area contributed by atoms with E-state index in [1.165, 1.54) is 18.2 Å². The van der Waals surface area contributed by atoms with Gasteiger partial charge in [-0.1, -0.05) is 0 Å². The van der Waals surface area contributed by atoms with Crippen molar-refractivity contribution in [2.45, 2.75) is 69.7 Å². The van der Waals surface area contributed by atoms with E-state index in [1.54, 1.807) is 0 Å². The van der Waals surface area contributed by atoms with E-state index >= 15 is 0 Å². The van der Waals surface area contributed by atoms with Crippen LogP contribution in [0.1, 0.15) is 47.5 Å². The molecule has 0 radical (unpaired) electrons. The molecule has 114 valence electrons. The van der Waals surface area contributed by atoms with Gasteiger partial charge in [0, 0.05) is 0 Å². The predicted molar refractivity (Wildman–Crippen MR) is 92.5 cm³/mol. The molecule has 20 heavy (non-hydrogen) atoms. The Labute approximate surface area is 135 Å². The summed E-state index contributed by atoms with van der Waals surface area (Å²) in [6, 6.07) is 0.489. The molecule has 0 spiro atoms. The van der Waals surface area contributed by atoms with Crippen molar-refractivity contribution in [3.8, 4) is 0 Å². The van der Waals surface area contributed by atoms with Crippen LogP contribution in [0.3, 0.4) is 0 Å². The van der Waals surface area contributed by atoms with E-state index in [-0.39, 0.29) is 18.0 Å². The van der Waals surface area contributed by atoms with Crippen molar-refractivity contribution < 1.29 is 4.79 Å². The van der Waals surface area contributed by atoms with E-state index in [4.69, 9.17) is 0 Å². The molecule has 2 nitrogen and oxygen atoms in total. The zero-order valence-electron chi connectivity index (χ0n) is 13.2. The van der Waals surface area contributed by atoms with Gasteiger partial charge in [0.05, 0.1) is 0 Å². The van der Waals surface area contributed by atoms with Crippen LogP contribution in [-0.4, -0.2) is 35.0 Å². The Morgan fingerprint density at radius 1 is 1.35 bits per heavy atom. The van der Waals surface area contributed by atoms with Crippen molar-refractivity contribution in [1.29, 1.82) is 0 Å². The molecule has 2 atom stereocenters. The molecular formula is C16H27BrNOSe+. The normalized spacial score (nSPS) is 19.6. The van der Waals surface area contributed by atoms with Crippen LogP contribution in [0.4, 0.5) is 0 Å². The Morgan fingerprint density at radius 3 is 2.45 bits per heavy atom. The van der Waals surface area contributed by atoms with Crippen molar-refractivity contribution in [1.82, 2.24) is 4.90 Å². The van der Waals surface area contributed by atoms with Gasteiger partial charge >= 0.3 is 135 Å². The maximum atomic E-state index is 12.8. The number of unbranched alkanes of at least 4 members (excludes halogenated alkanes) is 1. The van der Waals surface area contributed by atoms with Gasteiger partial charge in [-0.25, -0.2) is 0 Å². The first-order valence-electron chi connectivity index (χ1n) is 7.47. The molecule has 1 aliphatic carbocycles. The van der Waals surface area contributed by atoms with Crippen LogP contribution in [0.2, 0.25) is 10.1 Å². The Balaban J connectivity index is 2.81. The summed E-state index contributed by atoms with van der Waals surface area (Å²) < 4.78 is 0. The molecule has 0 saturated heterocycles. The summed E-state index contributed by atoms with van der Waals surface area (Å²) in [4.78, 5) is 15.2. The van der Waals surface area contributed by atoms with Crippen molar-refractivity contribution in [2.24, 2.45) is 0 Å². The molecule has 1 aliphatic rings. The first kappa shape index (κ1) is 18.0. The second kappa shape index (κ2) is 8.41. The summed E-state index contributed by atoms with van der Waals surface area (Å²) in [6.07, 6.45) is 8.76. The number of amides is 1. The van der Waals surface area contributed by atoms with E-state index in [2.05, 4.69) is 60.9 Å². The first-order chi connectivity index (χ1) is 9.40. The minimum atomic E-state index is -0.936. The summed E-state index contributed by atoms with van der Waals surface area (Å²) in [5, 5.41) is 1.24. The number of carbonyl (C=O) groups excluding carboxylic acids is 1. The van der Waals surface area contributed by atoms with Crippen LogP contribution >= 0.6 is 14.1 Å². The van der Waals surface area contributed by atoms with E-state index in [0.717, 1.165) is 5.57 Å². The summed E-state index contributed by atoms with van der Waals surface area (Å²) in [5.41, 5.74) is 0.991. The van der Waals surface area contributed by atoms with Crippen LogP contribution in [0.5, 0.6) is 0 Å². The van der Waals surface area contributed by atoms with Crippen LogP contribution in [-0.2, 0) is 4.79 Å². The molecule has 0 N–H and O–H groups in total. The number of nitrogens with zero attached hydrogens (tertiary/aromatic N) is 1. The number of carbonyl (C=O) groups is 1. The van der Waals surface area contributed by atoms with Gasteiger partial charge in [0.25, 0.3) is 0 Å². The van der Waals surface area contributed by atoms with Gasteiger partial charge < -0.3 is 0 Å². The van der Waals surface area contributed by atoms with Crippen LogP contribution in [0.25, 0.3) is 0 Å². The SMILES string of the molecule is CCCC[Se+](Br)C1C=CC=C1C(=O)N(C(C)C)C(C)C. The number of halogens is 1. The predicted octanol–water partition coefficient (Wildman–Crippen LogP) is 4.68. The van der Waals surface area contributed by atoms with Gasteiger partial charge in [0.1, 0.15) is 0 Å². The third kappa shape index (κ3) is 4.47. The zero-order valence-corrected chi connectivity index (χ0v) is 16.5. The van der Waals surface area contributed by atoms with E-state index in [9.17, 15) is 4.79 Å². The number of hydrogen-bond donors (Lipinski definition) is 0. The average Bonchev–Trinajstić information content (AvgIpc) is 2.84. The third-order valence-electron chi connectivity index (χ3n) is 3.43. The molecule has 2 unspecified atom stereocenters. The quantitative estimate of drug-likeness (QED) is 0.560. The molecule has 0 saturated carbocycles. The van der Waals surface area contributed by atoms with E-state index in [1.807, 2.05) is 11.0 Å². The summed E-state index contributed by atoms with van der Waals surface area (Å²) in [7, 11) is 0. The fourth-order valence-corrected chi connectivity index (χ4v) is 8.60. The molecule has 1 rings (SSSR count). The molecule has 4 heteroatoms. The monoisotopic (exact) mass is 408 g/mol. The second-order valence-corrected chi connectivity index (χ2v) is 13.5. The van der Waals surface area contributed by atoms with Gasteiger partial charge in [-0.05, 0) is 0 Å². The van der Waals surface area contributed by atoms with E-state index < -0.39 is 12.1 Å². The number of rotatable bonds is 7. The molecule has 0 aliphatic heterocycles. The fraction of sp³-hybridized carbons (Fsp3) is 0.688. The Bertz CT molecular complexity index is 382. The van der Waals surface area contributed by atoms with Gasteiger partial charge in [0.2, 0.25) is 0 Å². The Morgan fingerprint density at radius 2 is 1.95 bits per heavy atom. The van der Waals surface area contributed by atoms with Crippen LogP contribution in [0.15, 0.2) is 23.8 Å². The van der Waals surface area contributed by atoms with Gasteiger partial charge in [-0.3, -0.25) is 0 Å². The average molecular weight is 408 g/mol. The van der Waals surface area contributed by atoms with Crippen LogP contribution < -0.4 is 0 Å². The molecular weight excluding hydrogens is 381 g/mol. The molecule has 0 bridgehead atoms. The number of allylic oxidation sites excluding steroid dienone is 3. The molecule has 0 aromatic carbocycles. The fourth-order valence-electron chi connectivity index (χ4n) is 2.50. The van der Waals surface area contributed by atoms with Crippen molar-refractivity contribution in [3.63, 3.8) is 0 Å². The van der Waals surface area contributed by atoms with Crippen LogP contribution in [0, 0.1) is 0 Å². The Kier molecular flexibility index (Phi) is 7.57.